The summed E-state index contributed by atoms with van der Waals surface area (Å²) in [6.45, 7) is 6.91. The van der Waals surface area contributed by atoms with Gasteiger partial charge in [-0.25, -0.2) is 0 Å². The summed E-state index contributed by atoms with van der Waals surface area (Å²) in [5, 5.41) is 5.61. The van der Waals surface area contributed by atoms with Gasteiger partial charge in [0.15, 0.2) is 0 Å². The average molecular weight is 268 g/mol. The van der Waals surface area contributed by atoms with Gasteiger partial charge >= 0.3 is 0 Å². The molecule has 0 unspecified atom stereocenters. The van der Waals surface area contributed by atoms with Crippen LogP contribution in [0.25, 0.3) is 0 Å². The zero-order valence-electron chi connectivity index (χ0n) is 12.0. The second-order valence-electron chi connectivity index (χ2n) is 4.98. The largest absolute Gasteiger partial charge is 0.317 e. The summed E-state index contributed by atoms with van der Waals surface area (Å²) in [7, 11) is 2.22. The van der Waals surface area contributed by atoms with Crippen molar-refractivity contribution in [3.05, 3.63) is 22.4 Å². The number of nitrogens with one attached hydrogen (secondary N) is 1. The third-order valence-corrected chi connectivity index (χ3v) is 3.94. The Bertz CT molecular complexity index is 272. The van der Waals surface area contributed by atoms with Crippen LogP contribution in [0.1, 0.15) is 43.9 Å². The highest BCUT2D eigenvalue weighted by atomic mass is 32.1. The Labute approximate surface area is 116 Å². The van der Waals surface area contributed by atoms with Gasteiger partial charge in [-0.2, -0.15) is 0 Å². The fourth-order valence-electron chi connectivity index (χ4n) is 2.03. The van der Waals surface area contributed by atoms with Gasteiger partial charge < -0.3 is 10.2 Å². The minimum Gasteiger partial charge on any atom is -0.317 e. The Kier molecular flexibility index (Phi) is 9.17. The Balaban J connectivity index is 1.88. The predicted octanol–water partition coefficient (Wildman–Crippen LogP) is 3.74. The van der Waals surface area contributed by atoms with Gasteiger partial charge in [-0.3, -0.25) is 0 Å². The van der Waals surface area contributed by atoms with Crippen molar-refractivity contribution in [1.29, 1.82) is 0 Å². The first kappa shape index (κ1) is 15.7. The zero-order valence-corrected chi connectivity index (χ0v) is 12.8. The molecule has 1 aromatic rings. The molecule has 0 fully saturated rings. The predicted molar refractivity (Wildman–Crippen MR) is 82.3 cm³/mol. The second-order valence-corrected chi connectivity index (χ2v) is 6.01. The van der Waals surface area contributed by atoms with Crippen LogP contribution in [0, 0.1) is 0 Å². The van der Waals surface area contributed by atoms with Crippen LogP contribution in [0.4, 0.5) is 0 Å². The van der Waals surface area contributed by atoms with Crippen LogP contribution in [-0.2, 0) is 6.54 Å². The lowest BCUT2D eigenvalue weighted by Crippen LogP contribution is -2.18. The van der Waals surface area contributed by atoms with Crippen LogP contribution in [-0.4, -0.2) is 31.6 Å². The smallest absolute Gasteiger partial charge is 0.0324 e. The van der Waals surface area contributed by atoms with E-state index in [0.717, 1.165) is 6.54 Å². The van der Waals surface area contributed by atoms with Gasteiger partial charge in [0.05, 0.1) is 0 Å². The molecule has 1 rings (SSSR count). The third-order valence-electron chi connectivity index (χ3n) is 3.08. The van der Waals surface area contributed by atoms with E-state index in [0.29, 0.717) is 0 Å². The topological polar surface area (TPSA) is 15.3 Å². The maximum Gasteiger partial charge on any atom is 0.0324 e. The first-order valence-electron chi connectivity index (χ1n) is 7.24. The van der Waals surface area contributed by atoms with E-state index < -0.39 is 0 Å². The van der Waals surface area contributed by atoms with E-state index in [9.17, 15) is 0 Å². The number of hydrogen-bond acceptors (Lipinski definition) is 3. The minimum atomic E-state index is 1.11. The average Bonchev–Trinajstić information content (AvgIpc) is 2.85. The highest BCUT2D eigenvalue weighted by Crippen LogP contribution is 2.11. The van der Waals surface area contributed by atoms with E-state index in [4.69, 9.17) is 0 Å². The molecule has 0 amide bonds. The van der Waals surface area contributed by atoms with E-state index in [1.54, 1.807) is 0 Å². The minimum absolute atomic E-state index is 1.11. The number of nitrogens with zero attached hydrogens (tertiary/aromatic N) is 1. The summed E-state index contributed by atoms with van der Waals surface area (Å²) < 4.78 is 0. The van der Waals surface area contributed by atoms with Crippen LogP contribution in [0.2, 0.25) is 0 Å². The number of rotatable bonds is 11. The van der Waals surface area contributed by atoms with Crippen LogP contribution in [0.15, 0.2) is 17.5 Å². The van der Waals surface area contributed by atoms with E-state index in [2.05, 4.69) is 41.7 Å². The number of hydrogen-bond donors (Lipinski definition) is 1. The summed E-state index contributed by atoms with van der Waals surface area (Å²) in [5.41, 5.74) is 0. The molecular formula is C15H28N2S. The van der Waals surface area contributed by atoms with Gasteiger partial charge in [0.25, 0.3) is 0 Å². The molecule has 0 aliphatic rings. The lowest BCUT2D eigenvalue weighted by atomic mass is 10.2. The molecule has 0 radical (unpaired) electrons. The molecule has 0 atom stereocenters. The van der Waals surface area contributed by atoms with Gasteiger partial charge in [-0.05, 0) is 57.4 Å². The summed E-state index contributed by atoms with van der Waals surface area (Å²) >= 11 is 1.86. The van der Waals surface area contributed by atoms with E-state index in [-0.39, 0.29) is 0 Å². The zero-order chi connectivity index (χ0) is 13.1. The van der Waals surface area contributed by atoms with Crippen molar-refractivity contribution in [2.24, 2.45) is 0 Å². The molecule has 1 N–H and O–H groups in total. The van der Waals surface area contributed by atoms with E-state index >= 15 is 0 Å². The fraction of sp³-hybridized carbons (Fsp3) is 0.733. The monoisotopic (exact) mass is 268 g/mol. The molecule has 0 spiro atoms. The number of unbranched alkanes of at least 4 members (excludes halogenated alkanes) is 3. The normalized spacial score (nSPS) is 11.3. The highest BCUT2D eigenvalue weighted by Gasteiger charge is 2.00. The van der Waals surface area contributed by atoms with Crippen molar-refractivity contribution >= 4 is 11.3 Å². The highest BCUT2D eigenvalue weighted by molar-refractivity contribution is 7.09. The molecule has 0 aromatic carbocycles. The molecule has 2 nitrogen and oxygen atoms in total. The van der Waals surface area contributed by atoms with Crippen molar-refractivity contribution in [3.63, 3.8) is 0 Å². The van der Waals surface area contributed by atoms with E-state index in [1.165, 1.54) is 56.6 Å². The molecule has 1 heterocycles. The lowest BCUT2D eigenvalue weighted by Gasteiger charge is -2.15. The Morgan fingerprint density at radius 2 is 2.00 bits per heavy atom. The molecule has 0 saturated carbocycles. The molecule has 0 aliphatic heterocycles. The molecule has 18 heavy (non-hydrogen) atoms. The quantitative estimate of drug-likeness (QED) is 0.615. The summed E-state index contributed by atoms with van der Waals surface area (Å²) in [4.78, 5) is 3.91. The van der Waals surface area contributed by atoms with Gasteiger partial charge in [0.2, 0.25) is 0 Å². The summed E-state index contributed by atoms with van der Waals surface area (Å²) in [6, 6.07) is 4.36. The Hall–Kier alpha value is -0.380. The SMILES string of the molecule is CCCNCCCCCCN(C)Cc1cccs1. The van der Waals surface area contributed by atoms with Crippen molar-refractivity contribution in [2.45, 2.75) is 45.6 Å². The third kappa shape index (κ3) is 7.85. The molecule has 3 heteroatoms. The molecule has 1 aromatic heterocycles. The standard InChI is InChI=1S/C15H28N2S/c1-3-10-16-11-6-4-5-7-12-17(2)14-15-9-8-13-18-15/h8-9,13,16H,3-7,10-12,14H2,1-2H3. The van der Waals surface area contributed by atoms with Crippen LogP contribution in [0.3, 0.4) is 0 Å². The first-order chi connectivity index (χ1) is 8.83. The molecule has 104 valence electrons. The van der Waals surface area contributed by atoms with Crippen molar-refractivity contribution < 1.29 is 0 Å². The Morgan fingerprint density at radius 1 is 1.17 bits per heavy atom. The van der Waals surface area contributed by atoms with Gasteiger partial charge in [0.1, 0.15) is 0 Å². The van der Waals surface area contributed by atoms with Crippen molar-refractivity contribution in [2.75, 3.05) is 26.7 Å². The lowest BCUT2D eigenvalue weighted by molar-refractivity contribution is 0.319. The summed E-state index contributed by atoms with van der Waals surface area (Å²) in [6.07, 6.45) is 6.63. The molecule has 0 aliphatic carbocycles. The van der Waals surface area contributed by atoms with Gasteiger partial charge in [-0.15, -0.1) is 11.3 Å². The summed E-state index contributed by atoms with van der Waals surface area (Å²) in [5.74, 6) is 0. The van der Waals surface area contributed by atoms with Crippen LogP contribution >= 0.6 is 11.3 Å². The van der Waals surface area contributed by atoms with Crippen molar-refractivity contribution in [3.8, 4) is 0 Å². The van der Waals surface area contributed by atoms with Crippen LogP contribution in [0.5, 0.6) is 0 Å². The first-order valence-corrected chi connectivity index (χ1v) is 8.12. The molecule has 0 saturated heterocycles. The van der Waals surface area contributed by atoms with Crippen LogP contribution < -0.4 is 5.32 Å². The van der Waals surface area contributed by atoms with Crippen molar-refractivity contribution in [1.82, 2.24) is 10.2 Å². The van der Waals surface area contributed by atoms with Gasteiger partial charge in [-0.1, -0.05) is 25.8 Å². The van der Waals surface area contributed by atoms with E-state index in [1.807, 2.05) is 11.3 Å². The maximum atomic E-state index is 3.46. The fourth-order valence-corrected chi connectivity index (χ4v) is 2.82. The molecule has 0 bridgehead atoms. The second kappa shape index (κ2) is 10.5. The molecular weight excluding hydrogens is 240 g/mol. The Morgan fingerprint density at radius 3 is 2.72 bits per heavy atom. The number of thiophene rings is 1. The van der Waals surface area contributed by atoms with Gasteiger partial charge in [0, 0.05) is 11.4 Å². The maximum absolute atomic E-state index is 3.46.